The molecular weight excluding hydrogens is 478 g/mol. The lowest BCUT2D eigenvalue weighted by Gasteiger charge is -2.36. The van der Waals surface area contributed by atoms with Crippen LogP contribution in [-0.2, 0) is 16.6 Å². The van der Waals surface area contributed by atoms with Crippen LogP contribution >= 0.6 is 0 Å². The number of hydrogen-bond acceptors (Lipinski definition) is 6. The van der Waals surface area contributed by atoms with E-state index in [1.165, 1.54) is 19.2 Å². The maximum Gasteiger partial charge on any atom is 0.430 e. The Morgan fingerprint density at radius 3 is 2.00 bits per heavy atom. The van der Waals surface area contributed by atoms with Crippen LogP contribution in [0.2, 0.25) is 0 Å². The largest absolute Gasteiger partial charge is 0.480 e. The summed E-state index contributed by atoms with van der Waals surface area (Å²) in [5.41, 5.74) is -0.335. The number of hydrogen-bond donors (Lipinski definition) is 2. The van der Waals surface area contributed by atoms with Gasteiger partial charge < -0.3 is 20.5 Å². The van der Waals surface area contributed by atoms with Crippen LogP contribution in [0, 0.1) is 0 Å². The lowest BCUT2D eigenvalue weighted by molar-refractivity contribution is -0.376. The first-order chi connectivity index (χ1) is 15.3. The van der Waals surface area contributed by atoms with Gasteiger partial charge in [0.1, 0.15) is 21.7 Å². The first-order valence-corrected chi connectivity index (χ1v) is 10.6. The molecule has 1 aromatic carbocycles. The predicted molar refractivity (Wildman–Crippen MR) is 108 cm³/mol. The fourth-order valence-electron chi connectivity index (χ4n) is 3.37. The number of aromatic nitrogens is 1. The fourth-order valence-corrected chi connectivity index (χ4v) is 4.61. The van der Waals surface area contributed by atoms with E-state index in [1.807, 2.05) is 0 Å². The summed E-state index contributed by atoms with van der Waals surface area (Å²) in [6.45, 7) is 1.19. The average molecular weight is 498 g/mol. The molecule has 1 aliphatic rings. The second-order valence-corrected chi connectivity index (χ2v) is 8.62. The van der Waals surface area contributed by atoms with Crippen molar-refractivity contribution < 1.29 is 40.4 Å². The third-order valence-corrected chi connectivity index (χ3v) is 6.69. The van der Waals surface area contributed by atoms with Gasteiger partial charge in [0.25, 0.3) is 5.60 Å². The van der Waals surface area contributed by atoms with E-state index in [2.05, 4.69) is 4.98 Å². The van der Waals surface area contributed by atoms with Crippen molar-refractivity contribution in [2.24, 2.45) is 0 Å². The minimum absolute atomic E-state index is 0.119. The molecule has 2 aromatic rings. The van der Waals surface area contributed by atoms with Gasteiger partial charge in [0.15, 0.2) is 0 Å². The topological polar surface area (TPSA) is 91.9 Å². The summed E-state index contributed by atoms with van der Waals surface area (Å²) < 4.78 is 97.9. The molecule has 182 valence electrons. The van der Waals surface area contributed by atoms with Crippen LogP contribution in [0.5, 0.6) is 5.88 Å². The van der Waals surface area contributed by atoms with E-state index in [0.29, 0.717) is 35.8 Å². The number of nitrogens with two attached hydrogens (primary N) is 1. The van der Waals surface area contributed by atoms with Crippen LogP contribution in [0.3, 0.4) is 0 Å². The highest BCUT2D eigenvalue weighted by molar-refractivity contribution is 7.82. The molecule has 7 nitrogen and oxygen atoms in total. The molecule has 3 rings (SSSR count). The summed E-state index contributed by atoms with van der Waals surface area (Å²) in [5, 5.41) is 9.49. The minimum Gasteiger partial charge on any atom is -0.480 e. The van der Waals surface area contributed by atoms with Crippen LogP contribution in [0.25, 0.3) is 0 Å². The first kappa shape index (κ1) is 25.1. The average Bonchev–Trinajstić information content (AvgIpc) is 2.76. The van der Waals surface area contributed by atoms with Gasteiger partial charge in [-0.1, -0.05) is 12.1 Å². The van der Waals surface area contributed by atoms with Gasteiger partial charge in [-0.3, -0.25) is 0 Å². The summed E-state index contributed by atoms with van der Waals surface area (Å²) in [4.78, 5) is 6.02. The van der Waals surface area contributed by atoms with Crippen LogP contribution in [0.4, 0.5) is 37.8 Å². The van der Waals surface area contributed by atoms with E-state index in [9.17, 15) is 35.7 Å². The van der Waals surface area contributed by atoms with Crippen LogP contribution in [-0.4, -0.2) is 64.2 Å². The Morgan fingerprint density at radius 2 is 1.52 bits per heavy atom. The summed E-state index contributed by atoms with van der Waals surface area (Å²) in [6, 6.07) is 6.38. The van der Waals surface area contributed by atoms with Crippen LogP contribution in [0.1, 0.15) is 5.56 Å². The molecule has 14 heteroatoms. The first-order valence-electron chi connectivity index (χ1n) is 9.48. The Bertz CT molecular complexity index is 994. The van der Waals surface area contributed by atoms with Crippen molar-refractivity contribution in [2.75, 3.05) is 43.9 Å². The van der Waals surface area contributed by atoms with Gasteiger partial charge >= 0.3 is 12.4 Å². The standard InChI is InChI=1S/C19H20F6N4O3S/c1-32-16-14(6-7-15(26)27-16)33(31)29-10-8-28(9-11-29)13-4-2-12(3-5-13)17(30,18(20,21)22)19(23,24)25/h2-7,30H,8-11H2,1H3,(H2,26,27). The zero-order valence-corrected chi connectivity index (χ0v) is 18.0. The number of methoxy groups -OCH3 is 1. The van der Waals surface area contributed by atoms with Crippen molar-refractivity contribution in [1.29, 1.82) is 0 Å². The molecule has 1 atom stereocenters. The predicted octanol–water partition coefficient (Wildman–Crippen LogP) is 2.83. The number of halogens is 6. The maximum atomic E-state index is 13.0. The van der Waals surface area contributed by atoms with Gasteiger partial charge in [0, 0.05) is 37.4 Å². The molecule has 3 N–H and O–H groups in total. The molecule has 1 fully saturated rings. The second-order valence-electron chi connectivity index (χ2n) is 7.16. The number of nitrogens with zero attached hydrogens (tertiary/aromatic N) is 3. The lowest BCUT2D eigenvalue weighted by Crippen LogP contribution is -2.53. The zero-order chi connectivity index (χ0) is 24.6. The van der Waals surface area contributed by atoms with E-state index >= 15 is 0 Å². The van der Waals surface area contributed by atoms with Crippen molar-refractivity contribution in [3.05, 3.63) is 42.0 Å². The Morgan fingerprint density at radius 1 is 0.970 bits per heavy atom. The highest BCUT2D eigenvalue weighted by Gasteiger charge is 2.71. The van der Waals surface area contributed by atoms with Gasteiger partial charge in [-0.2, -0.15) is 31.3 Å². The molecule has 1 saturated heterocycles. The number of piperazine rings is 1. The zero-order valence-electron chi connectivity index (χ0n) is 17.2. The molecule has 0 radical (unpaired) electrons. The summed E-state index contributed by atoms with van der Waals surface area (Å²) in [6.07, 6.45) is -11.9. The summed E-state index contributed by atoms with van der Waals surface area (Å²) in [7, 11) is -0.252. The number of pyridine rings is 1. The van der Waals surface area contributed by atoms with E-state index in [1.54, 1.807) is 9.21 Å². The molecule has 0 bridgehead atoms. The smallest absolute Gasteiger partial charge is 0.430 e. The molecule has 0 aliphatic carbocycles. The van der Waals surface area contributed by atoms with Gasteiger partial charge in [-0.05, 0) is 24.3 Å². The van der Waals surface area contributed by atoms with E-state index in [-0.39, 0.29) is 24.8 Å². The summed E-state index contributed by atoms with van der Waals surface area (Å²) in [5.74, 6) is 0.317. The number of anilines is 2. The highest BCUT2D eigenvalue weighted by atomic mass is 32.2. The molecule has 1 aromatic heterocycles. The minimum atomic E-state index is -5.94. The Kier molecular flexibility index (Phi) is 6.82. The number of ether oxygens (including phenoxy) is 1. The molecular formula is C19H20F6N4O3S. The number of nitrogen functional groups attached to an aromatic ring is 1. The van der Waals surface area contributed by atoms with E-state index in [0.717, 1.165) is 12.1 Å². The van der Waals surface area contributed by atoms with Crippen molar-refractivity contribution in [3.63, 3.8) is 0 Å². The van der Waals surface area contributed by atoms with Gasteiger partial charge in [0.2, 0.25) is 5.88 Å². The Hall–Kier alpha value is -2.58. The molecule has 2 heterocycles. The fraction of sp³-hybridized carbons (Fsp3) is 0.421. The SMILES string of the molecule is COc1nc(N)ccc1S(=O)N1CCN(c2ccc(C(O)(C(F)(F)F)C(F)(F)F)cc2)CC1. The van der Waals surface area contributed by atoms with Crippen molar-refractivity contribution >= 4 is 22.5 Å². The Labute approximate surface area is 187 Å². The molecule has 0 spiro atoms. The van der Waals surface area contributed by atoms with Crippen LogP contribution in [0.15, 0.2) is 41.3 Å². The molecule has 0 saturated carbocycles. The number of alkyl halides is 6. The van der Waals surface area contributed by atoms with Crippen molar-refractivity contribution in [1.82, 2.24) is 9.29 Å². The molecule has 33 heavy (non-hydrogen) atoms. The van der Waals surface area contributed by atoms with Gasteiger partial charge in [-0.25, -0.2) is 8.51 Å². The van der Waals surface area contributed by atoms with Gasteiger partial charge in [0.05, 0.1) is 7.11 Å². The highest BCUT2D eigenvalue weighted by Crippen LogP contribution is 2.50. The molecule has 1 unspecified atom stereocenters. The monoisotopic (exact) mass is 498 g/mol. The third kappa shape index (κ3) is 4.73. The second kappa shape index (κ2) is 8.99. The number of aliphatic hydroxyl groups is 1. The van der Waals surface area contributed by atoms with Gasteiger partial charge in [-0.15, -0.1) is 0 Å². The van der Waals surface area contributed by atoms with E-state index < -0.39 is 34.5 Å². The molecule has 0 amide bonds. The number of rotatable bonds is 5. The summed E-state index contributed by atoms with van der Waals surface area (Å²) >= 11 is 0. The van der Waals surface area contributed by atoms with E-state index in [4.69, 9.17) is 10.5 Å². The van der Waals surface area contributed by atoms with Crippen molar-refractivity contribution in [2.45, 2.75) is 22.8 Å². The van der Waals surface area contributed by atoms with Crippen molar-refractivity contribution in [3.8, 4) is 5.88 Å². The van der Waals surface area contributed by atoms with Crippen LogP contribution < -0.4 is 15.4 Å². The Balaban J connectivity index is 1.72. The quantitative estimate of drug-likeness (QED) is 0.617. The normalized spacial score (nSPS) is 17.2. The lowest BCUT2D eigenvalue weighted by atomic mass is 9.92. The third-order valence-electron chi connectivity index (χ3n) is 5.17. The molecule has 1 aliphatic heterocycles. The maximum absolute atomic E-state index is 13.0. The number of benzene rings is 1.